The van der Waals surface area contributed by atoms with Gasteiger partial charge >= 0.3 is 0 Å². The van der Waals surface area contributed by atoms with E-state index in [0.717, 1.165) is 11.3 Å². The van der Waals surface area contributed by atoms with Crippen molar-refractivity contribution in [1.29, 1.82) is 0 Å². The van der Waals surface area contributed by atoms with Crippen molar-refractivity contribution in [3.8, 4) is 0 Å². The quantitative estimate of drug-likeness (QED) is 0.877. The van der Waals surface area contributed by atoms with Crippen molar-refractivity contribution in [1.82, 2.24) is 9.97 Å². The number of halogens is 1. The molecular weight excluding hydrogens is 236 g/mol. The van der Waals surface area contributed by atoms with Gasteiger partial charge in [0.25, 0.3) is 0 Å². The molecule has 4 nitrogen and oxygen atoms in total. The molecule has 17 heavy (non-hydrogen) atoms. The Balaban J connectivity index is 2.09. The van der Waals surface area contributed by atoms with E-state index in [2.05, 4.69) is 15.3 Å². The predicted octanol–water partition coefficient (Wildman–Crippen LogP) is 2.63. The summed E-state index contributed by atoms with van der Waals surface area (Å²) < 4.78 is 0. The summed E-state index contributed by atoms with van der Waals surface area (Å²) in [6.45, 7) is 2.53. The Morgan fingerprint density at radius 2 is 2.18 bits per heavy atom. The van der Waals surface area contributed by atoms with Gasteiger partial charge < -0.3 is 11.1 Å². The molecule has 0 radical (unpaired) electrons. The molecule has 0 amide bonds. The monoisotopic (exact) mass is 248 g/mol. The van der Waals surface area contributed by atoms with Gasteiger partial charge in [0, 0.05) is 16.9 Å². The van der Waals surface area contributed by atoms with Gasteiger partial charge in [-0.2, -0.15) is 0 Å². The minimum absolute atomic E-state index is 0.472. The van der Waals surface area contributed by atoms with Crippen molar-refractivity contribution in [2.24, 2.45) is 0 Å². The molecule has 0 atom stereocenters. The van der Waals surface area contributed by atoms with Gasteiger partial charge in [-0.3, -0.25) is 0 Å². The van der Waals surface area contributed by atoms with Gasteiger partial charge in [0.2, 0.25) is 0 Å². The first kappa shape index (κ1) is 11.7. The maximum absolute atomic E-state index is 5.93. The summed E-state index contributed by atoms with van der Waals surface area (Å²) in [6, 6.07) is 7.36. The van der Waals surface area contributed by atoms with E-state index in [1.807, 2.05) is 25.1 Å². The second-order valence-electron chi connectivity index (χ2n) is 3.71. The summed E-state index contributed by atoms with van der Waals surface area (Å²) >= 11 is 5.93. The lowest BCUT2D eigenvalue weighted by atomic mass is 10.2. The second kappa shape index (κ2) is 5.01. The Kier molecular flexibility index (Phi) is 3.44. The summed E-state index contributed by atoms with van der Waals surface area (Å²) in [5.74, 6) is 1.13. The summed E-state index contributed by atoms with van der Waals surface area (Å²) in [7, 11) is 0. The molecule has 0 saturated heterocycles. The maximum atomic E-state index is 5.93. The van der Waals surface area contributed by atoms with E-state index in [1.165, 1.54) is 0 Å². The third-order valence-electron chi connectivity index (χ3n) is 2.36. The van der Waals surface area contributed by atoms with Crippen molar-refractivity contribution in [2.45, 2.75) is 13.5 Å². The molecule has 0 bridgehead atoms. The first-order valence-electron chi connectivity index (χ1n) is 5.22. The van der Waals surface area contributed by atoms with E-state index in [0.29, 0.717) is 23.2 Å². The zero-order chi connectivity index (χ0) is 12.3. The van der Waals surface area contributed by atoms with Crippen LogP contribution >= 0.6 is 11.6 Å². The molecule has 0 unspecified atom stereocenters. The molecule has 1 aromatic heterocycles. The van der Waals surface area contributed by atoms with Gasteiger partial charge in [0.1, 0.15) is 11.6 Å². The molecule has 0 aliphatic carbocycles. The Hall–Kier alpha value is -1.81. The SMILES string of the molecule is Cc1ccc(Cl)cc1NCc1nccc(N)n1. The summed E-state index contributed by atoms with van der Waals surface area (Å²) in [6.07, 6.45) is 1.64. The molecule has 5 heteroatoms. The third kappa shape index (κ3) is 3.07. The molecule has 88 valence electrons. The minimum atomic E-state index is 0.472. The number of aryl methyl sites for hydroxylation is 1. The van der Waals surface area contributed by atoms with Crippen molar-refractivity contribution >= 4 is 23.1 Å². The highest BCUT2D eigenvalue weighted by Gasteiger charge is 2.01. The lowest BCUT2D eigenvalue weighted by Gasteiger charge is -2.09. The second-order valence-corrected chi connectivity index (χ2v) is 4.15. The topological polar surface area (TPSA) is 63.8 Å². The molecular formula is C12H13ClN4. The summed E-state index contributed by atoms with van der Waals surface area (Å²) in [5, 5.41) is 3.93. The van der Waals surface area contributed by atoms with Crippen LogP contribution in [-0.2, 0) is 6.54 Å². The van der Waals surface area contributed by atoms with Crippen LogP contribution in [-0.4, -0.2) is 9.97 Å². The van der Waals surface area contributed by atoms with Crippen LogP contribution in [0.2, 0.25) is 5.02 Å². The largest absolute Gasteiger partial charge is 0.384 e. The maximum Gasteiger partial charge on any atom is 0.149 e. The number of nitrogens with two attached hydrogens (primary N) is 1. The van der Waals surface area contributed by atoms with Crippen LogP contribution in [0.5, 0.6) is 0 Å². The fourth-order valence-electron chi connectivity index (χ4n) is 1.46. The van der Waals surface area contributed by atoms with E-state index in [-0.39, 0.29) is 0 Å². The molecule has 0 fully saturated rings. The predicted molar refractivity (Wildman–Crippen MR) is 70.0 cm³/mol. The number of nitrogens with one attached hydrogen (secondary N) is 1. The highest BCUT2D eigenvalue weighted by Crippen LogP contribution is 2.20. The van der Waals surface area contributed by atoms with Crippen molar-refractivity contribution < 1.29 is 0 Å². The number of benzene rings is 1. The molecule has 0 aliphatic heterocycles. The highest BCUT2D eigenvalue weighted by atomic mass is 35.5. The van der Waals surface area contributed by atoms with Crippen LogP contribution in [0.4, 0.5) is 11.5 Å². The fraction of sp³-hybridized carbons (Fsp3) is 0.167. The zero-order valence-electron chi connectivity index (χ0n) is 9.44. The van der Waals surface area contributed by atoms with E-state index in [4.69, 9.17) is 17.3 Å². The van der Waals surface area contributed by atoms with Crippen molar-refractivity contribution in [3.63, 3.8) is 0 Å². The molecule has 0 saturated carbocycles. The first-order valence-corrected chi connectivity index (χ1v) is 5.60. The van der Waals surface area contributed by atoms with E-state index in [1.54, 1.807) is 12.3 Å². The van der Waals surface area contributed by atoms with Gasteiger partial charge in [-0.25, -0.2) is 9.97 Å². The molecule has 1 heterocycles. The average Bonchev–Trinajstić information content (AvgIpc) is 2.30. The fourth-order valence-corrected chi connectivity index (χ4v) is 1.63. The molecule has 1 aromatic carbocycles. The molecule has 2 rings (SSSR count). The van der Waals surface area contributed by atoms with Crippen LogP contribution in [0.1, 0.15) is 11.4 Å². The zero-order valence-corrected chi connectivity index (χ0v) is 10.2. The Morgan fingerprint density at radius 3 is 2.94 bits per heavy atom. The number of anilines is 2. The van der Waals surface area contributed by atoms with Gasteiger partial charge in [-0.1, -0.05) is 17.7 Å². The standard InChI is InChI=1S/C12H13ClN4/c1-8-2-3-9(13)6-10(8)16-7-12-15-5-4-11(14)17-12/h2-6,16H,7H2,1H3,(H2,14,15,17). The normalized spacial score (nSPS) is 10.2. The Bertz CT molecular complexity index is 528. The smallest absolute Gasteiger partial charge is 0.149 e. The van der Waals surface area contributed by atoms with E-state index in [9.17, 15) is 0 Å². The summed E-state index contributed by atoms with van der Waals surface area (Å²) in [4.78, 5) is 8.23. The van der Waals surface area contributed by atoms with E-state index >= 15 is 0 Å². The van der Waals surface area contributed by atoms with Gasteiger partial charge in [0.15, 0.2) is 0 Å². The minimum Gasteiger partial charge on any atom is -0.384 e. The van der Waals surface area contributed by atoms with Gasteiger partial charge in [-0.05, 0) is 30.7 Å². The average molecular weight is 249 g/mol. The van der Waals surface area contributed by atoms with Crippen LogP contribution in [0, 0.1) is 6.92 Å². The van der Waals surface area contributed by atoms with Crippen molar-refractivity contribution in [2.75, 3.05) is 11.1 Å². The first-order chi connectivity index (χ1) is 8.15. The lowest BCUT2D eigenvalue weighted by molar-refractivity contribution is 0.952. The Morgan fingerprint density at radius 1 is 1.35 bits per heavy atom. The van der Waals surface area contributed by atoms with Crippen molar-refractivity contribution in [3.05, 3.63) is 46.9 Å². The number of hydrogen-bond acceptors (Lipinski definition) is 4. The number of aromatic nitrogens is 2. The molecule has 0 spiro atoms. The molecule has 3 N–H and O–H groups in total. The highest BCUT2D eigenvalue weighted by molar-refractivity contribution is 6.30. The molecule has 0 aliphatic rings. The molecule has 2 aromatic rings. The van der Waals surface area contributed by atoms with Crippen LogP contribution < -0.4 is 11.1 Å². The van der Waals surface area contributed by atoms with E-state index < -0.39 is 0 Å². The number of nitrogen functional groups attached to an aromatic ring is 1. The number of nitrogens with zero attached hydrogens (tertiary/aromatic N) is 2. The van der Waals surface area contributed by atoms with Gasteiger partial charge in [-0.15, -0.1) is 0 Å². The lowest BCUT2D eigenvalue weighted by Crippen LogP contribution is -2.06. The van der Waals surface area contributed by atoms with Crippen LogP contribution in [0.25, 0.3) is 0 Å². The van der Waals surface area contributed by atoms with Gasteiger partial charge in [0.05, 0.1) is 6.54 Å². The Labute approximate surface area is 105 Å². The number of hydrogen-bond donors (Lipinski definition) is 2. The van der Waals surface area contributed by atoms with Crippen LogP contribution in [0.15, 0.2) is 30.5 Å². The number of rotatable bonds is 3. The summed E-state index contributed by atoms with van der Waals surface area (Å²) in [5.41, 5.74) is 7.68. The van der Waals surface area contributed by atoms with Crippen LogP contribution in [0.3, 0.4) is 0 Å². The third-order valence-corrected chi connectivity index (χ3v) is 2.60.